The van der Waals surface area contributed by atoms with E-state index >= 15 is 0 Å². The van der Waals surface area contributed by atoms with Gasteiger partial charge in [-0.15, -0.1) is 0 Å². The van der Waals surface area contributed by atoms with E-state index in [1.807, 2.05) is 0 Å². The zero-order chi connectivity index (χ0) is 20.9. The largest absolute Gasteiger partial charge is 0.352 e. The van der Waals surface area contributed by atoms with Crippen LogP contribution < -0.4 is 10.5 Å². The summed E-state index contributed by atoms with van der Waals surface area (Å²) >= 11 is 0. The van der Waals surface area contributed by atoms with Crippen molar-refractivity contribution in [1.29, 1.82) is 0 Å². The summed E-state index contributed by atoms with van der Waals surface area (Å²) in [4.78, 5) is 12.2. The van der Waals surface area contributed by atoms with Crippen molar-refractivity contribution < 1.29 is 21.6 Å². The third-order valence-electron chi connectivity index (χ3n) is 4.08. The van der Waals surface area contributed by atoms with Crippen molar-refractivity contribution in [2.45, 2.75) is 29.2 Å². The molecular formula is C18H23N3O5S2. The zero-order valence-corrected chi connectivity index (χ0v) is 17.3. The van der Waals surface area contributed by atoms with E-state index in [9.17, 15) is 21.6 Å². The molecule has 0 bridgehead atoms. The van der Waals surface area contributed by atoms with E-state index < -0.39 is 20.0 Å². The molecule has 1 amide bonds. The molecular weight excluding hydrogens is 402 g/mol. The van der Waals surface area contributed by atoms with Gasteiger partial charge in [0.2, 0.25) is 26.0 Å². The number of nitrogens with two attached hydrogens (primary N) is 1. The highest BCUT2D eigenvalue weighted by molar-refractivity contribution is 7.89. The van der Waals surface area contributed by atoms with Crippen LogP contribution in [0.1, 0.15) is 17.5 Å². The van der Waals surface area contributed by atoms with Crippen LogP contribution in [0.3, 0.4) is 0 Å². The van der Waals surface area contributed by atoms with E-state index in [1.54, 1.807) is 24.3 Å². The summed E-state index contributed by atoms with van der Waals surface area (Å²) in [7, 11) is -4.27. The highest BCUT2D eigenvalue weighted by Gasteiger charge is 2.16. The van der Waals surface area contributed by atoms with Crippen molar-refractivity contribution in [2.24, 2.45) is 5.14 Å². The molecule has 0 saturated carbocycles. The fraction of sp³-hybridized carbons (Fsp3) is 0.278. The van der Waals surface area contributed by atoms with Crippen molar-refractivity contribution in [2.75, 3.05) is 14.1 Å². The lowest BCUT2D eigenvalue weighted by Crippen LogP contribution is -2.23. The van der Waals surface area contributed by atoms with Gasteiger partial charge in [0, 0.05) is 27.1 Å². The minimum atomic E-state index is -3.74. The number of aryl methyl sites for hydroxylation is 1. The summed E-state index contributed by atoms with van der Waals surface area (Å²) in [6.45, 7) is 0.268. The molecule has 3 N–H and O–H groups in total. The van der Waals surface area contributed by atoms with Crippen LogP contribution in [-0.4, -0.2) is 41.1 Å². The monoisotopic (exact) mass is 425 g/mol. The first-order valence-corrected chi connectivity index (χ1v) is 11.4. The fourth-order valence-electron chi connectivity index (χ4n) is 2.38. The van der Waals surface area contributed by atoms with Crippen LogP contribution in [0.15, 0.2) is 58.3 Å². The van der Waals surface area contributed by atoms with Crippen LogP contribution in [-0.2, 0) is 37.8 Å². The van der Waals surface area contributed by atoms with Crippen molar-refractivity contribution in [3.05, 3.63) is 59.7 Å². The predicted molar refractivity (Wildman–Crippen MR) is 105 cm³/mol. The number of rotatable bonds is 8. The third kappa shape index (κ3) is 5.86. The summed E-state index contributed by atoms with van der Waals surface area (Å²) in [5, 5.41) is 7.79. The number of carbonyl (C=O) groups excluding carboxylic acids is 1. The first-order chi connectivity index (χ1) is 13.0. The van der Waals surface area contributed by atoms with Gasteiger partial charge in [-0.3, -0.25) is 4.79 Å². The molecule has 0 radical (unpaired) electrons. The summed E-state index contributed by atoms with van der Waals surface area (Å²) in [5.41, 5.74) is 1.60. The Kier molecular flexibility index (Phi) is 6.94. The molecule has 10 heteroatoms. The van der Waals surface area contributed by atoms with E-state index in [4.69, 9.17) is 5.14 Å². The molecule has 152 valence electrons. The molecule has 0 unspecified atom stereocenters. The lowest BCUT2D eigenvalue weighted by Gasteiger charge is -2.11. The maximum Gasteiger partial charge on any atom is 0.242 e. The zero-order valence-electron chi connectivity index (χ0n) is 15.6. The highest BCUT2D eigenvalue weighted by Crippen LogP contribution is 2.15. The minimum Gasteiger partial charge on any atom is -0.352 e. The van der Waals surface area contributed by atoms with Gasteiger partial charge < -0.3 is 5.32 Å². The predicted octanol–water partition coefficient (Wildman–Crippen LogP) is 0.833. The second-order valence-electron chi connectivity index (χ2n) is 6.40. The van der Waals surface area contributed by atoms with Crippen LogP contribution in [0.4, 0.5) is 0 Å². The van der Waals surface area contributed by atoms with Crippen molar-refractivity contribution in [3.8, 4) is 0 Å². The molecule has 2 aromatic carbocycles. The van der Waals surface area contributed by atoms with Gasteiger partial charge in [0.25, 0.3) is 0 Å². The van der Waals surface area contributed by atoms with E-state index in [-0.39, 0.29) is 28.7 Å². The van der Waals surface area contributed by atoms with Gasteiger partial charge in [-0.25, -0.2) is 26.3 Å². The molecule has 0 atom stereocenters. The first kappa shape index (κ1) is 22.0. The van der Waals surface area contributed by atoms with Crippen LogP contribution in [0.25, 0.3) is 0 Å². The van der Waals surface area contributed by atoms with Gasteiger partial charge in [0.15, 0.2) is 0 Å². The Morgan fingerprint density at radius 3 is 1.89 bits per heavy atom. The SMILES string of the molecule is CN(C)S(=O)(=O)c1ccc(CCC(=O)NCc2ccc(S(N)(=O)=O)cc2)cc1. The number of nitrogens with zero attached hydrogens (tertiary/aromatic N) is 1. The molecule has 2 aromatic rings. The number of hydrogen-bond donors (Lipinski definition) is 2. The molecule has 0 aliphatic heterocycles. The smallest absolute Gasteiger partial charge is 0.242 e. The second-order valence-corrected chi connectivity index (χ2v) is 10.1. The van der Waals surface area contributed by atoms with Gasteiger partial charge in [0.05, 0.1) is 9.79 Å². The van der Waals surface area contributed by atoms with E-state index in [0.717, 1.165) is 15.4 Å². The lowest BCUT2D eigenvalue weighted by molar-refractivity contribution is -0.121. The molecule has 8 nitrogen and oxygen atoms in total. The average Bonchev–Trinajstić information content (AvgIpc) is 2.64. The number of carbonyl (C=O) groups is 1. The van der Waals surface area contributed by atoms with E-state index in [1.165, 1.54) is 38.4 Å². The third-order valence-corrected chi connectivity index (χ3v) is 6.84. The Morgan fingerprint density at radius 1 is 0.893 bits per heavy atom. The van der Waals surface area contributed by atoms with Crippen LogP contribution >= 0.6 is 0 Å². The van der Waals surface area contributed by atoms with Crippen LogP contribution in [0, 0.1) is 0 Å². The van der Waals surface area contributed by atoms with Crippen molar-refractivity contribution in [1.82, 2.24) is 9.62 Å². The van der Waals surface area contributed by atoms with Gasteiger partial charge in [-0.2, -0.15) is 0 Å². The molecule has 2 rings (SSSR count). The van der Waals surface area contributed by atoms with Gasteiger partial charge in [0.1, 0.15) is 0 Å². The normalized spacial score (nSPS) is 12.1. The Balaban J connectivity index is 1.86. The maximum atomic E-state index is 12.0. The summed E-state index contributed by atoms with van der Waals surface area (Å²) < 4.78 is 47.6. The lowest BCUT2D eigenvalue weighted by atomic mass is 10.1. The number of nitrogens with one attached hydrogen (secondary N) is 1. The van der Waals surface area contributed by atoms with Crippen LogP contribution in [0.5, 0.6) is 0 Å². The number of sulfonamides is 2. The Morgan fingerprint density at radius 2 is 1.39 bits per heavy atom. The van der Waals surface area contributed by atoms with E-state index in [0.29, 0.717) is 6.42 Å². The minimum absolute atomic E-state index is 0.0160. The van der Waals surface area contributed by atoms with Crippen molar-refractivity contribution >= 4 is 26.0 Å². The topological polar surface area (TPSA) is 127 Å². The molecule has 0 aliphatic carbocycles. The van der Waals surface area contributed by atoms with Gasteiger partial charge >= 0.3 is 0 Å². The molecule has 0 aliphatic rings. The molecule has 0 saturated heterocycles. The van der Waals surface area contributed by atoms with Crippen molar-refractivity contribution in [3.63, 3.8) is 0 Å². The number of benzene rings is 2. The van der Waals surface area contributed by atoms with Gasteiger partial charge in [-0.05, 0) is 41.8 Å². The highest BCUT2D eigenvalue weighted by atomic mass is 32.2. The number of hydrogen-bond acceptors (Lipinski definition) is 5. The fourth-order valence-corrected chi connectivity index (χ4v) is 3.80. The summed E-state index contributed by atoms with van der Waals surface area (Å²) in [6, 6.07) is 12.4. The molecule has 0 aromatic heterocycles. The Hall–Kier alpha value is -2.27. The number of primary sulfonamides is 1. The second kappa shape index (κ2) is 8.82. The Bertz CT molecular complexity index is 1030. The Labute approximate surface area is 165 Å². The quantitative estimate of drug-likeness (QED) is 0.648. The molecule has 0 heterocycles. The average molecular weight is 426 g/mol. The van der Waals surface area contributed by atoms with E-state index in [2.05, 4.69) is 5.32 Å². The standard InChI is InChI=1S/C18H23N3O5S2/c1-21(2)28(25,26)17-10-3-14(4-11-17)7-12-18(22)20-13-15-5-8-16(9-6-15)27(19,23)24/h3-6,8-11H,7,12-13H2,1-2H3,(H,20,22)(H2,19,23,24). The molecule has 0 spiro atoms. The first-order valence-electron chi connectivity index (χ1n) is 8.40. The van der Waals surface area contributed by atoms with Gasteiger partial charge in [-0.1, -0.05) is 24.3 Å². The molecule has 0 fully saturated rings. The maximum absolute atomic E-state index is 12.0. The number of amides is 1. The summed E-state index contributed by atoms with van der Waals surface area (Å²) in [6.07, 6.45) is 0.716. The molecule has 28 heavy (non-hydrogen) atoms. The summed E-state index contributed by atoms with van der Waals surface area (Å²) in [5.74, 6) is -0.166. The van der Waals surface area contributed by atoms with Crippen LogP contribution in [0.2, 0.25) is 0 Å².